The van der Waals surface area contributed by atoms with E-state index in [9.17, 15) is 8.42 Å². The summed E-state index contributed by atoms with van der Waals surface area (Å²) in [5, 5.41) is 8.29. The van der Waals surface area contributed by atoms with Crippen molar-refractivity contribution in [2.45, 2.75) is 37.1 Å². The van der Waals surface area contributed by atoms with E-state index < -0.39 is 10.0 Å². The fourth-order valence-corrected chi connectivity index (χ4v) is 2.67. The maximum atomic E-state index is 11.4. The smallest absolute Gasteiger partial charge is 0.241 e. The molecule has 0 aliphatic heterocycles. The first-order valence-corrected chi connectivity index (χ1v) is 7.31. The zero-order valence-electron chi connectivity index (χ0n) is 9.76. The number of hydrogen-bond donors (Lipinski definition) is 2. The third kappa shape index (κ3) is 2.95. The van der Waals surface area contributed by atoms with Gasteiger partial charge in [0.25, 0.3) is 0 Å². The molecule has 0 bridgehead atoms. The summed E-state index contributed by atoms with van der Waals surface area (Å²) in [5.41, 5.74) is 0. The molecule has 0 aromatic carbocycles. The van der Waals surface area contributed by atoms with Crippen molar-refractivity contribution >= 4 is 15.8 Å². The van der Waals surface area contributed by atoms with Crippen LogP contribution in [0.1, 0.15) is 26.2 Å². The first-order valence-electron chi connectivity index (χ1n) is 5.76. The van der Waals surface area contributed by atoms with Crippen LogP contribution in [0.25, 0.3) is 0 Å². The average molecular weight is 255 g/mol. The van der Waals surface area contributed by atoms with Crippen LogP contribution >= 0.6 is 0 Å². The molecule has 1 fully saturated rings. The van der Waals surface area contributed by atoms with Gasteiger partial charge in [-0.15, -0.1) is 0 Å². The lowest BCUT2D eigenvalue weighted by atomic mass is 10.2. The highest BCUT2D eigenvalue weighted by molar-refractivity contribution is 7.89. The molecule has 1 aromatic rings. The highest BCUT2D eigenvalue weighted by atomic mass is 32.2. The Kier molecular flexibility index (Phi) is 3.35. The molecule has 0 radical (unpaired) electrons. The normalized spacial score (nSPS) is 23.4. The second-order valence-corrected chi connectivity index (χ2v) is 5.96. The summed E-state index contributed by atoms with van der Waals surface area (Å²) in [6.45, 7) is 2.14. The first kappa shape index (κ1) is 12.3. The predicted molar refractivity (Wildman–Crippen MR) is 66.0 cm³/mol. The van der Waals surface area contributed by atoms with Crippen LogP contribution in [-0.4, -0.2) is 19.4 Å². The Morgan fingerprint density at radius 1 is 1.59 bits per heavy atom. The molecular weight excluding hydrogens is 238 g/mol. The monoisotopic (exact) mass is 255 g/mol. The summed E-state index contributed by atoms with van der Waals surface area (Å²) < 4.78 is 22.7. The number of hydrogen-bond acceptors (Lipinski definition) is 4. The molecule has 6 heteroatoms. The van der Waals surface area contributed by atoms with Crippen molar-refractivity contribution in [1.82, 2.24) is 4.98 Å². The molecule has 0 saturated heterocycles. The van der Waals surface area contributed by atoms with Gasteiger partial charge in [-0.3, -0.25) is 0 Å². The molecule has 3 N–H and O–H groups in total. The second kappa shape index (κ2) is 4.62. The molecule has 1 saturated carbocycles. The van der Waals surface area contributed by atoms with E-state index in [4.69, 9.17) is 5.14 Å². The average Bonchev–Trinajstić information content (AvgIpc) is 2.96. The maximum absolute atomic E-state index is 11.4. The summed E-state index contributed by atoms with van der Waals surface area (Å²) in [7, 11) is -3.71. The van der Waals surface area contributed by atoms with Crippen molar-refractivity contribution in [3.63, 3.8) is 0 Å². The maximum Gasteiger partial charge on any atom is 0.241 e. The Morgan fingerprint density at radius 3 is 3.00 bits per heavy atom. The van der Waals surface area contributed by atoms with Crippen LogP contribution in [0.2, 0.25) is 0 Å². The minimum absolute atomic E-state index is 0.0714. The van der Waals surface area contributed by atoms with Gasteiger partial charge in [-0.1, -0.05) is 13.3 Å². The Labute approximate surface area is 101 Å². The van der Waals surface area contributed by atoms with Gasteiger partial charge in [0, 0.05) is 12.2 Å². The van der Waals surface area contributed by atoms with Gasteiger partial charge in [-0.05, 0) is 30.9 Å². The predicted octanol–water partition coefficient (Wildman–Crippen LogP) is 1.33. The number of sulfonamides is 1. The number of pyridine rings is 1. The van der Waals surface area contributed by atoms with Crippen molar-refractivity contribution in [2.75, 3.05) is 5.32 Å². The molecule has 1 aromatic heterocycles. The Hall–Kier alpha value is -1.14. The van der Waals surface area contributed by atoms with E-state index in [1.807, 2.05) is 0 Å². The zero-order chi connectivity index (χ0) is 12.5. The van der Waals surface area contributed by atoms with Gasteiger partial charge in [-0.2, -0.15) is 0 Å². The highest BCUT2D eigenvalue weighted by Crippen LogP contribution is 2.37. The third-order valence-corrected chi connectivity index (χ3v) is 3.92. The molecule has 5 nitrogen and oxygen atoms in total. The molecule has 2 atom stereocenters. The van der Waals surface area contributed by atoms with E-state index in [1.54, 1.807) is 12.3 Å². The van der Waals surface area contributed by atoms with Crippen LogP contribution in [0, 0.1) is 5.92 Å². The molecular formula is C11H17N3O2S. The van der Waals surface area contributed by atoms with E-state index in [0.29, 0.717) is 17.8 Å². The number of nitrogens with two attached hydrogens (primary N) is 1. The van der Waals surface area contributed by atoms with E-state index in [2.05, 4.69) is 17.2 Å². The fourth-order valence-electron chi connectivity index (χ4n) is 2.02. The standard InChI is InChI=1S/C11H17N3O2S/c1-2-4-8-7-9(8)14-11-10(17(12,15)16)5-3-6-13-11/h3,5-6,8-9H,2,4,7H2,1H3,(H,13,14)(H2,12,15,16). The molecule has 1 aliphatic rings. The quantitative estimate of drug-likeness (QED) is 0.831. The lowest BCUT2D eigenvalue weighted by Gasteiger charge is -2.08. The van der Waals surface area contributed by atoms with Crippen molar-refractivity contribution in [3.05, 3.63) is 18.3 Å². The van der Waals surface area contributed by atoms with Crippen LogP contribution in [0.15, 0.2) is 23.2 Å². The summed E-state index contributed by atoms with van der Waals surface area (Å²) >= 11 is 0. The lowest BCUT2D eigenvalue weighted by molar-refractivity contribution is 0.597. The van der Waals surface area contributed by atoms with Crippen LogP contribution in [0.4, 0.5) is 5.82 Å². The summed E-state index contributed by atoms with van der Waals surface area (Å²) in [5.74, 6) is 1.01. The van der Waals surface area contributed by atoms with Gasteiger partial charge >= 0.3 is 0 Å². The van der Waals surface area contributed by atoms with Gasteiger partial charge in [0.05, 0.1) is 0 Å². The van der Waals surface area contributed by atoms with E-state index >= 15 is 0 Å². The summed E-state index contributed by atoms with van der Waals surface area (Å²) in [4.78, 5) is 4.12. The fraction of sp³-hybridized carbons (Fsp3) is 0.545. The molecule has 17 heavy (non-hydrogen) atoms. The van der Waals surface area contributed by atoms with Gasteiger partial charge in [-0.25, -0.2) is 18.5 Å². The molecule has 0 amide bonds. The molecule has 0 spiro atoms. The molecule has 1 heterocycles. The minimum atomic E-state index is -3.71. The van der Waals surface area contributed by atoms with Gasteiger partial charge in [0.2, 0.25) is 10.0 Å². The highest BCUT2D eigenvalue weighted by Gasteiger charge is 2.36. The number of aromatic nitrogens is 1. The number of rotatable bonds is 5. The Bertz CT molecular complexity index is 501. The van der Waals surface area contributed by atoms with Crippen molar-refractivity contribution in [1.29, 1.82) is 0 Å². The Balaban J connectivity index is 2.12. The van der Waals surface area contributed by atoms with Gasteiger partial charge < -0.3 is 5.32 Å². The largest absolute Gasteiger partial charge is 0.366 e. The Morgan fingerprint density at radius 2 is 2.35 bits per heavy atom. The van der Waals surface area contributed by atoms with E-state index in [0.717, 1.165) is 19.3 Å². The SMILES string of the molecule is CCCC1CC1Nc1ncccc1S(N)(=O)=O. The molecule has 2 rings (SSSR count). The first-order chi connectivity index (χ1) is 8.02. The number of nitrogens with zero attached hydrogens (tertiary/aromatic N) is 1. The second-order valence-electron chi connectivity index (χ2n) is 4.43. The van der Waals surface area contributed by atoms with Gasteiger partial charge in [0.15, 0.2) is 0 Å². The summed E-state index contributed by atoms with van der Waals surface area (Å²) in [6, 6.07) is 3.38. The zero-order valence-corrected chi connectivity index (χ0v) is 10.6. The third-order valence-electron chi connectivity index (χ3n) is 2.98. The van der Waals surface area contributed by atoms with Crippen molar-refractivity contribution < 1.29 is 8.42 Å². The van der Waals surface area contributed by atoms with Crippen LogP contribution < -0.4 is 10.5 Å². The number of nitrogens with one attached hydrogen (secondary N) is 1. The van der Waals surface area contributed by atoms with Crippen LogP contribution in [0.5, 0.6) is 0 Å². The topological polar surface area (TPSA) is 85.1 Å². The van der Waals surface area contributed by atoms with Crippen LogP contribution in [0.3, 0.4) is 0 Å². The minimum Gasteiger partial charge on any atom is -0.366 e. The summed E-state index contributed by atoms with van der Waals surface area (Å²) in [6.07, 6.45) is 4.95. The molecule has 94 valence electrons. The van der Waals surface area contributed by atoms with Gasteiger partial charge in [0.1, 0.15) is 10.7 Å². The van der Waals surface area contributed by atoms with E-state index in [1.165, 1.54) is 6.07 Å². The van der Waals surface area contributed by atoms with Crippen molar-refractivity contribution in [2.24, 2.45) is 11.1 Å². The number of anilines is 1. The molecule has 2 unspecified atom stereocenters. The van der Waals surface area contributed by atoms with E-state index in [-0.39, 0.29) is 4.90 Å². The molecule has 1 aliphatic carbocycles. The van der Waals surface area contributed by atoms with Crippen LogP contribution in [-0.2, 0) is 10.0 Å². The van der Waals surface area contributed by atoms with Crippen molar-refractivity contribution in [3.8, 4) is 0 Å². The lowest BCUT2D eigenvalue weighted by Crippen LogP contribution is -2.17. The number of primary sulfonamides is 1.